The van der Waals surface area contributed by atoms with Gasteiger partial charge >= 0.3 is 6.18 Å². The van der Waals surface area contributed by atoms with Crippen molar-refractivity contribution in [1.82, 2.24) is 0 Å². The maximum absolute atomic E-state index is 11.1. The highest BCUT2D eigenvalue weighted by Crippen LogP contribution is 2.22. The van der Waals surface area contributed by atoms with E-state index in [-0.39, 0.29) is 0 Å². The molecule has 0 amide bonds. The lowest BCUT2D eigenvalue weighted by Gasteiger charge is -2.06. The zero-order valence-corrected chi connectivity index (χ0v) is 3.67. The van der Waals surface area contributed by atoms with Crippen LogP contribution in [0, 0.1) is 0 Å². The highest BCUT2D eigenvalue weighted by molar-refractivity contribution is 4.62. The van der Waals surface area contributed by atoms with Crippen molar-refractivity contribution in [2.24, 2.45) is 0 Å². The standard InChI is InChI=1S/C3H3F5/c4-1-2(5)3(6,7)8/h2H,1H2/t2-/m1/s1. The van der Waals surface area contributed by atoms with E-state index < -0.39 is 19.0 Å². The summed E-state index contributed by atoms with van der Waals surface area (Å²) in [4.78, 5) is 0. The van der Waals surface area contributed by atoms with E-state index in [1.54, 1.807) is 0 Å². The summed E-state index contributed by atoms with van der Waals surface area (Å²) in [6.07, 6.45) is -8.35. The van der Waals surface area contributed by atoms with Crippen LogP contribution in [-0.4, -0.2) is 19.0 Å². The first kappa shape index (κ1) is 7.65. The molecule has 1 atom stereocenters. The third kappa shape index (κ3) is 2.09. The average molecular weight is 134 g/mol. The van der Waals surface area contributed by atoms with E-state index in [9.17, 15) is 22.0 Å². The summed E-state index contributed by atoms with van der Waals surface area (Å²) >= 11 is 0. The van der Waals surface area contributed by atoms with Gasteiger partial charge in [-0.1, -0.05) is 0 Å². The Morgan fingerprint density at radius 1 is 1.25 bits per heavy atom. The van der Waals surface area contributed by atoms with Crippen molar-refractivity contribution in [1.29, 1.82) is 0 Å². The Hall–Kier alpha value is -0.350. The number of rotatable bonds is 1. The summed E-state index contributed by atoms with van der Waals surface area (Å²) in [5.41, 5.74) is 0. The highest BCUT2D eigenvalue weighted by atomic mass is 19.4. The Kier molecular flexibility index (Phi) is 2.18. The van der Waals surface area contributed by atoms with E-state index in [1.807, 2.05) is 0 Å². The zero-order valence-electron chi connectivity index (χ0n) is 3.67. The summed E-state index contributed by atoms with van der Waals surface area (Å²) in [5.74, 6) is 0. The average Bonchev–Trinajstić information content (AvgIpc) is 1.62. The van der Waals surface area contributed by atoms with Gasteiger partial charge in [0.25, 0.3) is 0 Å². The van der Waals surface area contributed by atoms with Gasteiger partial charge in [-0.15, -0.1) is 0 Å². The van der Waals surface area contributed by atoms with Gasteiger partial charge in [-0.3, -0.25) is 0 Å². The van der Waals surface area contributed by atoms with Crippen LogP contribution in [0.2, 0.25) is 0 Å². The molecule has 5 heteroatoms. The normalized spacial score (nSPS) is 16.1. The minimum absolute atomic E-state index is 2.00. The third-order valence-corrected chi connectivity index (χ3v) is 0.491. The van der Waals surface area contributed by atoms with E-state index in [0.29, 0.717) is 0 Å². The molecule has 8 heavy (non-hydrogen) atoms. The Labute approximate surface area is 42.3 Å². The minimum atomic E-state index is -5.03. The van der Waals surface area contributed by atoms with Crippen LogP contribution >= 0.6 is 0 Å². The molecule has 0 saturated carbocycles. The van der Waals surface area contributed by atoms with Crippen molar-refractivity contribution in [2.75, 3.05) is 6.67 Å². The smallest absolute Gasteiger partial charge is 0.248 e. The lowest BCUT2D eigenvalue weighted by molar-refractivity contribution is -0.183. The lowest BCUT2D eigenvalue weighted by atomic mass is 10.4. The fourth-order valence-electron chi connectivity index (χ4n) is 0.0875. The molecule has 0 N–H and O–H groups in total. The fraction of sp³-hybridized carbons (Fsp3) is 1.00. The van der Waals surface area contributed by atoms with Crippen LogP contribution in [0.15, 0.2) is 0 Å². The van der Waals surface area contributed by atoms with E-state index in [4.69, 9.17) is 0 Å². The second kappa shape index (κ2) is 2.28. The number of alkyl halides is 5. The van der Waals surface area contributed by atoms with Gasteiger partial charge in [-0.2, -0.15) is 13.2 Å². The first-order valence-electron chi connectivity index (χ1n) is 1.75. The molecule has 0 heterocycles. The summed E-state index contributed by atoms with van der Waals surface area (Å²) in [7, 11) is 0. The number of hydrogen-bond acceptors (Lipinski definition) is 0. The van der Waals surface area contributed by atoms with Gasteiger partial charge in [0.15, 0.2) is 0 Å². The molecule has 50 valence electrons. The molecule has 0 aliphatic heterocycles. The number of hydrogen-bond donors (Lipinski definition) is 0. The molecule has 0 saturated heterocycles. The van der Waals surface area contributed by atoms with E-state index in [0.717, 1.165) is 0 Å². The highest BCUT2D eigenvalue weighted by Gasteiger charge is 2.39. The molecule has 0 aromatic carbocycles. The molecule has 0 aromatic rings. The zero-order chi connectivity index (χ0) is 6.78. The topological polar surface area (TPSA) is 0 Å². The van der Waals surface area contributed by atoms with Gasteiger partial charge in [-0.05, 0) is 0 Å². The van der Waals surface area contributed by atoms with Crippen LogP contribution in [-0.2, 0) is 0 Å². The van der Waals surface area contributed by atoms with Crippen molar-refractivity contribution in [3.05, 3.63) is 0 Å². The SMILES string of the molecule is FC[C@@H](F)C(F)(F)F. The molecular weight excluding hydrogens is 131 g/mol. The summed E-state index contributed by atoms with van der Waals surface area (Å²) in [5, 5.41) is 0. The van der Waals surface area contributed by atoms with Gasteiger partial charge in [0.05, 0.1) is 0 Å². The molecule has 0 radical (unpaired) electrons. The number of halogens is 5. The van der Waals surface area contributed by atoms with Crippen molar-refractivity contribution in [3.8, 4) is 0 Å². The van der Waals surface area contributed by atoms with Gasteiger partial charge in [0.1, 0.15) is 6.67 Å². The van der Waals surface area contributed by atoms with Crippen LogP contribution in [0.4, 0.5) is 22.0 Å². The van der Waals surface area contributed by atoms with Crippen molar-refractivity contribution >= 4 is 0 Å². The van der Waals surface area contributed by atoms with Gasteiger partial charge in [0.2, 0.25) is 6.17 Å². The molecule has 0 bridgehead atoms. The molecule has 0 spiro atoms. The second-order valence-corrected chi connectivity index (χ2v) is 1.16. The fourth-order valence-corrected chi connectivity index (χ4v) is 0.0875. The van der Waals surface area contributed by atoms with Gasteiger partial charge in [0, 0.05) is 0 Å². The maximum atomic E-state index is 11.1. The van der Waals surface area contributed by atoms with Crippen molar-refractivity contribution in [2.45, 2.75) is 12.3 Å². The van der Waals surface area contributed by atoms with Gasteiger partial charge < -0.3 is 0 Å². The Balaban J connectivity index is 3.62. The van der Waals surface area contributed by atoms with Crippen LogP contribution in [0.3, 0.4) is 0 Å². The largest absolute Gasteiger partial charge is 0.422 e. The van der Waals surface area contributed by atoms with Crippen molar-refractivity contribution < 1.29 is 22.0 Å². The molecule has 0 unspecified atom stereocenters. The van der Waals surface area contributed by atoms with Crippen LogP contribution < -0.4 is 0 Å². The van der Waals surface area contributed by atoms with E-state index >= 15 is 0 Å². The molecule has 0 aromatic heterocycles. The second-order valence-electron chi connectivity index (χ2n) is 1.16. The van der Waals surface area contributed by atoms with Crippen LogP contribution in [0.5, 0.6) is 0 Å². The first-order valence-corrected chi connectivity index (χ1v) is 1.75. The van der Waals surface area contributed by atoms with Crippen LogP contribution in [0.25, 0.3) is 0 Å². The maximum Gasteiger partial charge on any atom is 0.422 e. The quantitative estimate of drug-likeness (QED) is 0.480. The molecule has 0 fully saturated rings. The Bertz CT molecular complexity index is 64.6. The van der Waals surface area contributed by atoms with Crippen LogP contribution in [0.1, 0.15) is 0 Å². The molecule has 0 aliphatic rings. The Morgan fingerprint density at radius 3 is 1.62 bits per heavy atom. The molecule has 0 aliphatic carbocycles. The summed E-state index contributed by atoms with van der Waals surface area (Å²) in [6.45, 7) is -2.00. The molecule has 0 nitrogen and oxygen atoms in total. The lowest BCUT2D eigenvalue weighted by Crippen LogP contribution is -2.25. The third-order valence-electron chi connectivity index (χ3n) is 0.491. The predicted molar refractivity (Wildman–Crippen MR) is 16.9 cm³/mol. The minimum Gasteiger partial charge on any atom is -0.248 e. The Morgan fingerprint density at radius 2 is 1.62 bits per heavy atom. The predicted octanol–water partition coefficient (Wildman–Crippen LogP) is 1.86. The summed E-state index contributed by atoms with van der Waals surface area (Å²) < 4.78 is 54.4. The molecule has 0 rings (SSSR count). The summed E-state index contributed by atoms with van der Waals surface area (Å²) in [6, 6.07) is 0. The monoisotopic (exact) mass is 134 g/mol. The molecular formula is C3H3F5. The van der Waals surface area contributed by atoms with E-state index in [1.165, 1.54) is 0 Å². The van der Waals surface area contributed by atoms with Crippen molar-refractivity contribution in [3.63, 3.8) is 0 Å². The van der Waals surface area contributed by atoms with E-state index in [2.05, 4.69) is 0 Å². The first-order chi connectivity index (χ1) is 3.48. The van der Waals surface area contributed by atoms with Gasteiger partial charge in [-0.25, -0.2) is 8.78 Å².